The molecule has 2 heterocycles. The number of carbonyl (C=O) groups excluding carboxylic acids is 2. The maximum absolute atomic E-state index is 12.8. The molecule has 2 aliphatic heterocycles. The monoisotopic (exact) mass is 357 g/mol. The van der Waals surface area contributed by atoms with Gasteiger partial charge in [-0.2, -0.15) is 0 Å². The second-order valence-corrected chi connectivity index (χ2v) is 7.60. The molecular formula is C21H31N3O2. The Balaban J connectivity index is 1.52. The second kappa shape index (κ2) is 8.67. The Morgan fingerprint density at radius 2 is 1.62 bits per heavy atom. The maximum Gasteiger partial charge on any atom is 0.243 e. The van der Waals surface area contributed by atoms with E-state index in [1.807, 2.05) is 44.3 Å². The third kappa shape index (κ3) is 4.26. The van der Waals surface area contributed by atoms with Crippen molar-refractivity contribution in [3.05, 3.63) is 30.3 Å². The number of benzene rings is 1. The zero-order chi connectivity index (χ0) is 18.5. The minimum absolute atomic E-state index is 0.108. The van der Waals surface area contributed by atoms with E-state index in [0.29, 0.717) is 5.91 Å². The summed E-state index contributed by atoms with van der Waals surface area (Å²) in [6.07, 6.45) is 5.25. The van der Waals surface area contributed by atoms with Crippen LogP contribution >= 0.6 is 0 Å². The zero-order valence-electron chi connectivity index (χ0n) is 16.1. The fraction of sp³-hybridized carbons (Fsp3) is 0.619. The van der Waals surface area contributed by atoms with Gasteiger partial charge in [-0.1, -0.05) is 18.2 Å². The summed E-state index contributed by atoms with van der Waals surface area (Å²) < 4.78 is 0. The van der Waals surface area contributed by atoms with Gasteiger partial charge >= 0.3 is 0 Å². The number of rotatable bonds is 4. The van der Waals surface area contributed by atoms with Crippen LogP contribution in [0.15, 0.2) is 30.3 Å². The third-order valence-electron chi connectivity index (χ3n) is 5.93. The molecule has 3 rings (SSSR count). The van der Waals surface area contributed by atoms with E-state index >= 15 is 0 Å². The summed E-state index contributed by atoms with van der Waals surface area (Å²) in [5, 5.41) is 0. The van der Waals surface area contributed by atoms with Crippen molar-refractivity contribution in [3.8, 4) is 0 Å². The fourth-order valence-corrected chi connectivity index (χ4v) is 4.12. The van der Waals surface area contributed by atoms with Crippen LogP contribution in [0.1, 0.15) is 39.0 Å². The van der Waals surface area contributed by atoms with Gasteiger partial charge in [0.25, 0.3) is 0 Å². The lowest BCUT2D eigenvalue weighted by Gasteiger charge is -2.38. The van der Waals surface area contributed by atoms with Crippen LogP contribution in [-0.2, 0) is 9.59 Å². The van der Waals surface area contributed by atoms with Crippen molar-refractivity contribution in [2.45, 2.75) is 45.1 Å². The molecule has 2 fully saturated rings. The molecule has 1 atom stereocenters. The topological polar surface area (TPSA) is 43.9 Å². The summed E-state index contributed by atoms with van der Waals surface area (Å²) in [4.78, 5) is 31.5. The standard InChI is InChI=1S/C21H31N3O2/c1-17(20(25)22(2)19-9-5-3-6-10-19)23-15-11-18(12-16-23)21(26)24-13-7-4-8-14-24/h3,5-6,9-10,17-18H,4,7-8,11-16H2,1-2H3. The van der Waals surface area contributed by atoms with Crippen LogP contribution in [0, 0.1) is 5.92 Å². The van der Waals surface area contributed by atoms with Gasteiger partial charge in [-0.25, -0.2) is 0 Å². The predicted molar refractivity (Wildman–Crippen MR) is 104 cm³/mol. The number of nitrogens with zero attached hydrogens (tertiary/aromatic N) is 3. The Morgan fingerprint density at radius 1 is 1.00 bits per heavy atom. The molecule has 142 valence electrons. The average Bonchev–Trinajstić information content (AvgIpc) is 2.73. The lowest BCUT2D eigenvalue weighted by Crippen LogP contribution is -2.51. The van der Waals surface area contributed by atoms with Crippen molar-refractivity contribution in [2.75, 3.05) is 38.1 Å². The van der Waals surface area contributed by atoms with Crippen molar-refractivity contribution in [1.82, 2.24) is 9.80 Å². The molecule has 0 radical (unpaired) electrons. The highest BCUT2D eigenvalue weighted by atomic mass is 16.2. The molecule has 2 amide bonds. The molecule has 5 nitrogen and oxygen atoms in total. The fourth-order valence-electron chi connectivity index (χ4n) is 4.12. The van der Waals surface area contributed by atoms with Crippen LogP contribution < -0.4 is 4.90 Å². The molecule has 0 saturated carbocycles. The lowest BCUT2D eigenvalue weighted by molar-refractivity contribution is -0.138. The minimum Gasteiger partial charge on any atom is -0.342 e. The number of likely N-dealkylation sites (tertiary alicyclic amines) is 2. The number of likely N-dealkylation sites (N-methyl/N-ethyl adjacent to an activating group) is 1. The van der Waals surface area contributed by atoms with E-state index in [-0.39, 0.29) is 17.9 Å². The van der Waals surface area contributed by atoms with Gasteiger partial charge in [0.1, 0.15) is 0 Å². The molecule has 2 aliphatic rings. The number of hydrogen-bond donors (Lipinski definition) is 0. The summed E-state index contributed by atoms with van der Waals surface area (Å²) >= 11 is 0. The van der Waals surface area contributed by atoms with Gasteiger partial charge in [0.15, 0.2) is 0 Å². The molecule has 1 aromatic rings. The normalized spacial score (nSPS) is 20.6. The number of piperidine rings is 2. The van der Waals surface area contributed by atoms with Crippen LogP contribution in [-0.4, -0.2) is 60.9 Å². The number of anilines is 1. The predicted octanol–water partition coefficient (Wildman–Crippen LogP) is 2.76. The van der Waals surface area contributed by atoms with Crippen LogP contribution in [0.2, 0.25) is 0 Å². The molecule has 0 bridgehead atoms. The Bertz CT molecular complexity index is 605. The summed E-state index contributed by atoms with van der Waals surface area (Å²) in [5.41, 5.74) is 0.916. The van der Waals surface area contributed by atoms with Crippen molar-refractivity contribution >= 4 is 17.5 Å². The average molecular weight is 357 g/mol. The minimum atomic E-state index is -0.161. The van der Waals surface area contributed by atoms with Crippen molar-refractivity contribution in [1.29, 1.82) is 0 Å². The van der Waals surface area contributed by atoms with Gasteiger partial charge < -0.3 is 9.80 Å². The Hall–Kier alpha value is -1.88. The molecule has 1 unspecified atom stereocenters. The molecule has 0 aromatic heterocycles. The van der Waals surface area contributed by atoms with E-state index in [4.69, 9.17) is 0 Å². The molecule has 2 saturated heterocycles. The van der Waals surface area contributed by atoms with Gasteiger partial charge in [0.05, 0.1) is 6.04 Å². The molecule has 0 spiro atoms. The van der Waals surface area contributed by atoms with Crippen LogP contribution in [0.3, 0.4) is 0 Å². The van der Waals surface area contributed by atoms with Crippen molar-refractivity contribution < 1.29 is 9.59 Å². The lowest BCUT2D eigenvalue weighted by atomic mass is 9.93. The molecule has 0 N–H and O–H groups in total. The Kier molecular flexibility index (Phi) is 6.30. The molecular weight excluding hydrogens is 326 g/mol. The second-order valence-electron chi connectivity index (χ2n) is 7.60. The zero-order valence-corrected chi connectivity index (χ0v) is 16.1. The van der Waals surface area contributed by atoms with Gasteiger partial charge in [0.2, 0.25) is 11.8 Å². The molecule has 26 heavy (non-hydrogen) atoms. The van der Waals surface area contributed by atoms with Gasteiger partial charge in [-0.05, 0) is 64.3 Å². The van der Waals surface area contributed by atoms with Crippen molar-refractivity contribution in [3.63, 3.8) is 0 Å². The largest absolute Gasteiger partial charge is 0.342 e. The number of carbonyl (C=O) groups is 2. The highest BCUT2D eigenvalue weighted by molar-refractivity contribution is 5.96. The first-order valence-corrected chi connectivity index (χ1v) is 9.93. The summed E-state index contributed by atoms with van der Waals surface area (Å²) in [7, 11) is 1.83. The number of amides is 2. The SMILES string of the molecule is CC(C(=O)N(C)c1ccccc1)N1CCC(C(=O)N2CCCCC2)CC1. The van der Waals surface area contributed by atoms with E-state index in [9.17, 15) is 9.59 Å². The van der Waals surface area contributed by atoms with E-state index < -0.39 is 0 Å². The van der Waals surface area contributed by atoms with Crippen LogP contribution in [0.4, 0.5) is 5.69 Å². The summed E-state index contributed by atoms with van der Waals surface area (Å²) in [6.45, 7) is 5.47. The third-order valence-corrected chi connectivity index (χ3v) is 5.93. The smallest absolute Gasteiger partial charge is 0.243 e. The Morgan fingerprint density at radius 3 is 2.23 bits per heavy atom. The van der Waals surface area contributed by atoms with Crippen LogP contribution in [0.5, 0.6) is 0 Å². The van der Waals surface area contributed by atoms with E-state index in [1.165, 1.54) is 6.42 Å². The first-order chi connectivity index (χ1) is 12.6. The first-order valence-electron chi connectivity index (χ1n) is 9.93. The highest BCUT2D eigenvalue weighted by Gasteiger charge is 2.33. The number of hydrogen-bond acceptors (Lipinski definition) is 3. The van der Waals surface area contributed by atoms with Gasteiger partial charge in [-0.3, -0.25) is 14.5 Å². The summed E-state index contributed by atoms with van der Waals surface area (Å²) in [5.74, 6) is 0.584. The highest BCUT2D eigenvalue weighted by Crippen LogP contribution is 2.24. The van der Waals surface area contributed by atoms with Crippen molar-refractivity contribution in [2.24, 2.45) is 5.92 Å². The molecule has 5 heteroatoms. The Labute approximate surface area is 156 Å². The van der Waals surface area contributed by atoms with E-state index in [0.717, 1.165) is 57.5 Å². The molecule has 0 aliphatic carbocycles. The van der Waals surface area contributed by atoms with E-state index in [2.05, 4.69) is 9.80 Å². The quantitative estimate of drug-likeness (QED) is 0.832. The first kappa shape index (κ1) is 18.9. The van der Waals surface area contributed by atoms with Gasteiger partial charge in [-0.15, -0.1) is 0 Å². The molecule has 1 aromatic carbocycles. The summed E-state index contributed by atoms with van der Waals surface area (Å²) in [6, 6.07) is 9.59. The van der Waals surface area contributed by atoms with E-state index in [1.54, 1.807) is 4.90 Å². The van der Waals surface area contributed by atoms with Gasteiger partial charge in [0, 0.05) is 31.7 Å². The number of para-hydroxylation sites is 1. The van der Waals surface area contributed by atoms with Crippen LogP contribution in [0.25, 0.3) is 0 Å². The maximum atomic E-state index is 12.8.